The number of anilines is 3. The second-order valence-corrected chi connectivity index (χ2v) is 9.25. The average Bonchev–Trinajstić information content (AvgIpc) is 3.08. The number of aryl methyl sites for hydroxylation is 1. The van der Waals surface area contributed by atoms with E-state index in [1.165, 1.54) is 4.68 Å². The van der Waals surface area contributed by atoms with Crippen LogP contribution in [0, 0.1) is 18.8 Å². The molecule has 1 saturated carbocycles. The van der Waals surface area contributed by atoms with Crippen LogP contribution in [0.15, 0.2) is 12.6 Å². The molecule has 1 aliphatic heterocycles. The maximum absolute atomic E-state index is 12.9. The summed E-state index contributed by atoms with van der Waals surface area (Å²) in [6.07, 6.45) is -3.19. The Morgan fingerprint density at radius 3 is 2.59 bits per heavy atom. The van der Waals surface area contributed by atoms with Crippen molar-refractivity contribution in [3.8, 4) is 0 Å². The van der Waals surface area contributed by atoms with Gasteiger partial charge in [0.1, 0.15) is 23.2 Å². The van der Waals surface area contributed by atoms with Gasteiger partial charge in [-0.05, 0) is 43.2 Å². The summed E-state index contributed by atoms with van der Waals surface area (Å²) in [4.78, 5) is 23.7. The summed E-state index contributed by atoms with van der Waals surface area (Å²) >= 11 is 0. The Balaban J connectivity index is 1.51. The van der Waals surface area contributed by atoms with Crippen LogP contribution in [0.5, 0.6) is 0 Å². The third kappa shape index (κ3) is 4.13. The molecule has 3 heterocycles. The number of aromatic nitrogens is 4. The van der Waals surface area contributed by atoms with E-state index in [0.717, 1.165) is 6.07 Å². The van der Waals surface area contributed by atoms with Gasteiger partial charge >= 0.3 is 12.1 Å². The number of nitrogen functional groups attached to an aromatic ring is 1. The van der Waals surface area contributed by atoms with Gasteiger partial charge in [-0.3, -0.25) is 4.79 Å². The van der Waals surface area contributed by atoms with Crippen LogP contribution in [0.2, 0.25) is 0 Å². The number of hydrogen-bond donors (Lipinski definition) is 2. The maximum Gasteiger partial charge on any atom is 0.443 e. The molecule has 182 valence electrons. The van der Waals surface area contributed by atoms with E-state index in [0.29, 0.717) is 36.0 Å². The van der Waals surface area contributed by atoms with Crippen molar-refractivity contribution in [3.05, 3.63) is 24.0 Å². The summed E-state index contributed by atoms with van der Waals surface area (Å²) in [5, 5.41) is 6.53. The average molecular weight is 478 g/mol. The van der Waals surface area contributed by atoms with Gasteiger partial charge in [0.15, 0.2) is 5.69 Å². The van der Waals surface area contributed by atoms with E-state index in [1.807, 2.05) is 25.8 Å². The minimum absolute atomic E-state index is 0.0109. The van der Waals surface area contributed by atoms with Crippen LogP contribution in [0.4, 0.5) is 36.4 Å². The summed E-state index contributed by atoms with van der Waals surface area (Å²) in [6, 6.07) is 0.483. The SMILES string of the molecule is C=C=[N+](c1nc(C)c2c(n1)N(C)[C@@H](C(C)C)C(=O)N2)C1CC(Cn2nc(C(F)(F)F)cc2N)C1. The molecule has 4 rings (SSSR count). The fraction of sp³-hybridized carbons (Fsp3) is 0.545. The molecule has 0 spiro atoms. The van der Waals surface area contributed by atoms with E-state index in [-0.39, 0.29) is 42.2 Å². The van der Waals surface area contributed by atoms with Crippen LogP contribution in [0.25, 0.3) is 0 Å². The molecular weight excluding hydrogens is 449 g/mol. The Morgan fingerprint density at radius 2 is 2.03 bits per heavy atom. The lowest BCUT2D eigenvalue weighted by molar-refractivity contribution is -0.506. The zero-order valence-corrected chi connectivity index (χ0v) is 19.5. The van der Waals surface area contributed by atoms with Gasteiger partial charge in [-0.2, -0.15) is 22.8 Å². The lowest BCUT2D eigenvalue weighted by atomic mass is 9.80. The zero-order valence-electron chi connectivity index (χ0n) is 19.5. The van der Waals surface area contributed by atoms with Crippen molar-refractivity contribution in [2.24, 2.45) is 11.8 Å². The molecule has 1 aliphatic carbocycles. The molecule has 2 aliphatic rings. The van der Waals surface area contributed by atoms with Crippen LogP contribution in [0.3, 0.4) is 0 Å². The maximum atomic E-state index is 12.9. The molecule has 1 fully saturated rings. The third-order valence-electron chi connectivity index (χ3n) is 6.45. The first kappa shape index (κ1) is 23.7. The van der Waals surface area contributed by atoms with Crippen molar-refractivity contribution in [3.63, 3.8) is 0 Å². The number of nitrogens with zero attached hydrogens (tertiary/aromatic N) is 6. The second kappa shape index (κ2) is 8.43. The van der Waals surface area contributed by atoms with Crippen molar-refractivity contribution in [1.29, 1.82) is 0 Å². The van der Waals surface area contributed by atoms with Crippen LogP contribution in [0.1, 0.15) is 38.1 Å². The van der Waals surface area contributed by atoms with Gasteiger partial charge in [-0.25, -0.2) is 4.68 Å². The molecule has 3 N–H and O–H groups in total. The largest absolute Gasteiger partial charge is 0.443 e. The molecule has 0 saturated heterocycles. The third-order valence-corrected chi connectivity index (χ3v) is 6.45. The van der Waals surface area contributed by atoms with Crippen molar-refractivity contribution in [1.82, 2.24) is 19.7 Å². The van der Waals surface area contributed by atoms with Gasteiger partial charge in [-0.1, -0.05) is 18.8 Å². The number of hydrogen-bond acceptors (Lipinski definition) is 6. The van der Waals surface area contributed by atoms with E-state index in [4.69, 9.17) is 10.7 Å². The number of likely N-dealkylation sites (N-methyl/N-ethyl adjacent to an activating group) is 1. The van der Waals surface area contributed by atoms with Gasteiger partial charge < -0.3 is 16.0 Å². The predicted molar refractivity (Wildman–Crippen MR) is 121 cm³/mol. The van der Waals surface area contributed by atoms with E-state index in [1.54, 1.807) is 11.5 Å². The molecule has 0 bridgehead atoms. The molecule has 9 nitrogen and oxygen atoms in total. The lowest BCUT2D eigenvalue weighted by Crippen LogP contribution is -2.50. The number of amides is 1. The normalized spacial score (nSPS) is 22.2. The van der Waals surface area contributed by atoms with Gasteiger partial charge in [0.05, 0.1) is 6.04 Å². The van der Waals surface area contributed by atoms with Crippen molar-refractivity contribution >= 4 is 35.0 Å². The van der Waals surface area contributed by atoms with E-state index >= 15 is 0 Å². The fourth-order valence-electron chi connectivity index (χ4n) is 4.69. The topological polar surface area (TPSA) is 105 Å². The standard InChI is InChI=1S/C22H27F3N8O/c1-6-32(14-7-13(8-14)10-33-16(26)9-15(30-33)22(23,24)25)21-27-12(4)17-19(29-21)31(5)18(11(2)3)20(34)28-17/h9,11,13-14,18H,1,7-8,10H2,2-5H3,(H2-,26,28,30,34)/p+1/t13?,14?,18-/m0/s1. The number of rotatable bonds is 5. The number of carbonyl (C=O) groups excluding carboxylic acids is 1. The molecule has 12 heteroatoms. The molecule has 2 aromatic rings. The Hall–Kier alpha value is -3.40. The molecule has 34 heavy (non-hydrogen) atoms. The zero-order chi connectivity index (χ0) is 24.9. The first-order valence-corrected chi connectivity index (χ1v) is 11.1. The highest BCUT2D eigenvalue weighted by Gasteiger charge is 2.42. The summed E-state index contributed by atoms with van der Waals surface area (Å²) in [5.74, 6) is 4.00. The smallest absolute Gasteiger partial charge is 0.384 e. The summed E-state index contributed by atoms with van der Waals surface area (Å²) in [7, 11) is 1.84. The number of fused-ring (bicyclic) bond motifs is 1. The first-order valence-electron chi connectivity index (χ1n) is 11.1. The monoisotopic (exact) mass is 477 g/mol. The summed E-state index contributed by atoms with van der Waals surface area (Å²) in [6.45, 7) is 9.83. The Bertz CT molecular complexity index is 1180. The van der Waals surface area contributed by atoms with Crippen LogP contribution >= 0.6 is 0 Å². The lowest BCUT2D eigenvalue weighted by Gasteiger charge is -2.36. The van der Waals surface area contributed by atoms with Crippen LogP contribution in [-0.4, -0.2) is 55.2 Å². The number of alkyl halides is 3. The number of nitrogens with one attached hydrogen (secondary N) is 1. The highest BCUT2D eigenvalue weighted by atomic mass is 19.4. The van der Waals surface area contributed by atoms with Gasteiger partial charge in [0, 0.05) is 25.5 Å². The molecule has 1 atom stereocenters. The second-order valence-electron chi connectivity index (χ2n) is 9.25. The highest BCUT2D eigenvalue weighted by molar-refractivity contribution is 6.03. The van der Waals surface area contributed by atoms with Crippen molar-refractivity contribution < 1.29 is 22.5 Å². The molecule has 0 unspecified atom stereocenters. The minimum Gasteiger partial charge on any atom is -0.384 e. The minimum atomic E-state index is -4.53. The number of halogens is 3. The molecule has 2 aromatic heterocycles. The Morgan fingerprint density at radius 1 is 1.35 bits per heavy atom. The molecule has 1 amide bonds. The number of carbonyl (C=O) groups is 1. The van der Waals surface area contributed by atoms with E-state index in [9.17, 15) is 18.0 Å². The van der Waals surface area contributed by atoms with Gasteiger partial charge in [0.25, 0.3) is 0 Å². The van der Waals surface area contributed by atoms with Crippen molar-refractivity contribution in [2.75, 3.05) is 23.0 Å². The summed E-state index contributed by atoms with van der Waals surface area (Å²) in [5.41, 5.74) is 5.95. The molecule has 0 aromatic carbocycles. The van der Waals surface area contributed by atoms with E-state index in [2.05, 4.69) is 27.8 Å². The fourth-order valence-corrected chi connectivity index (χ4v) is 4.69. The summed E-state index contributed by atoms with van der Waals surface area (Å²) < 4.78 is 41.6. The Labute approximate surface area is 195 Å². The van der Waals surface area contributed by atoms with Crippen LogP contribution < -0.4 is 16.0 Å². The van der Waals surface area contributed by atoms with Gasteiger partial charge in [-0.15, -0.1) is 0 Å². The first-order chi connectivity index (χ1) is 15.9. The quantitative estimate of drug-likeness (QED) is 0.507. The number of nitrogens with two attached hydrogens (primary N) is 1. The predicted octanol–water partition coefficient (Wildman–Crippen LogP) is 2.97. The van der Waals surface area contributed by atoms with Crippen molar-refractivity contribution in [2.45, 2.75) is 58.4 Å². The van der Waals surface area contributed by atoms with E-state index < -0.39 is 11.9 Å². The molecule has 0 radical (unpaired) electrons. The Kier molecular flexibility index (Phi) is 5.89. The van der Waals surface area contributed by atoms with Gasteiger partial charge in [0.2, 0.25) is 11.7 Å². The molecular formula is C22H28F3N8O+. The van der Waals surface area contributed by atoms with Crippen LogP contribution in [-0.2, 0) is 17.5 Å². The highest BCUT2D eigenvalue weighted by Crippen LogP contribution is 2.38.